The topological polar surface area (TPSA) is 61.4 Å². The van der Waals surface area contributed by atoms with Crippen molar-refractivity contribution < 1.29 is 9.59 Å². The molecule has 1 aliphatic rings. The van der Waals surface area contributed by atoms with E-state index in [2.05, 4.69) is 26.6 Å². The number of rotatable bonds is 4. The highest BCUT2D eigenvalue weighted by Gasteiger charge is 2.39. The van der Waals surface area contributed by atoms with Gasteiger partial charge in [-0.1, -0.05) is 36.4 Å². The number of carbonyl (C=O) groups excluding carboxylic acids is 2. The lowest BCUT2D eigenvalue weighted by Crippen LogP contribution is -2.52. The summed E-state index contributed by atoms with van der Waals surface area (Å²) in [6, 6.07) is 15.4. The molecular formula is C22H26BrN3O2. The zero-order valence-corrected chi connectivity index (χ0v) is 17.9. The summed E-state index contributed by atoms with van der Waals surface area (Å²) in [4.78, 5) is 27.4. The molecule has 1 saturated heterocycles. The average molecular weight is 444 g/mol. The van der Waals surface area contributed by atoms with Crippen LogP contribution in [0, 0.1) is 12.3 Å². The largest absolute Gasteiger partial charge is 0.351 e. The lowest BCUT2D eigenvalue weighted by molar-refractivity contribution is -0.132. The Labute approximate surface area is 174 Å². The van der Waals surface area contributed by atoms with Gasteiger partial charge in [0.25, 0.3) is 0 Å². The maximum Gasteiger partial charge on any atom is 0.321 e. The molecule has 0 saturated carbocycles. The number of anilines is 1. The molecule has 3 rings (SSSR count). The molecule has 1 aliphatic heterocycles. The SMILES string of the molecule is Cc1ccccc1CNC(=O)C1(C)CCCN(C(=O)Nc2ccccc2Br)C1. The van der Waals surface area contributed by atoms with Gasteiger partial charge >= 0.3 is 6.03 Å². The molecule has 0 aliphatic carbocycles. The minimum atomic E-state index is -0.591. The van der Waals surface area contributed by atoms with Crippen molar-refractivity contribution in [2.75, 3.05) is 18.4 Å². The number of para-hydroxylation sites is 1. The van der Waals surface area contributed by atoms with Gasteiger partial charge in [0.2, 0.25) is 5.91 Å². The highest BCUT2D eigenvalue weighted by molar-refractivity contribution is 9.10. The smallest absolute Gasteiger partial charge is 0.321 e. The molecule has 0 bridgehead atoms. The fourth-order valence-electron chi connectivity index (χ4n) is 3.55. The van der Waals surface area contributed by atoms with Gasteiger partial charge in [-0.15, -0.1) is 0 Å². The van der Waals surface area contributed by atoms with Crippen LogP contribution in [0.2, 0.25) is 0 Å². The van der Waals surface area contributed by atoms with Crippen molar-refractivity contribution in [2.24, 2.45) is 5.41 Å². The average Bonchev–Trinajstić information content (AvgIpc) is 2.69. The number of likely N-dealkylation sites (tertiary alicyclic amines) is 1. The monoisotopic (exact) mass is 443 g/mol. The van der Waals surface area contributed by atoms with E-state index in [0.717, 1.165) is 34.1 Å². The van der Waals surface area contributed by atoms with Crippen molar-refractivity contribution in [1.82, 2.24) is 10.2 Å². The molecule has 2 aromatic rings. The van der Waals surface area contributed by atoms with Gasteiger partial charge in [0.05, 0.1) is 11.1 Å². The number of nitrogens with one attached hydrogen (secondary N) is 2. The molecule has 6 heteroatoms. The third-order valence-corrected chi connectivity index (χ3v) is 6.04. The van der Waals surface area contributed by atoms with Gasteiger partial charge in [0.15, 0.2) is 0 Å². The van der Waals surface area contributed by atoms with Gasteiger partial charge in [0, 0.05) is 24.1 Å². The molecule has 1 unspecified atom stereocenters. The number of urea groups is 1. The number of piperidine rings is 1. The highest BCUT2D eigenvalue weighted by atomic mass is 79.9. The van der Waals surface area contributed by atoms with E-state index in [1.807, 2.05) is 62.4 Å². The Kier molecular flexibility index (Phi) is 6.39. The van der Waals surface area contributed by atoms with E-state index in [-0.39, 0.29) is 11.9 Å². The number of halogens is 1. The second-order valence-corrected chi connectivity index (χ2v) is 8.46. The second kappa shape index (κ2) is 8.78. The summed E-state index contributed by atoms with van der Waals surface area (Å²) in [7, 11) is 0. The molecule has 0 spiro atoms. The van der Waals surface area contributed by atoms with Crippen LogP contribution < -0.4 is 10.6 Å². The Bertz CT molecular complexity index is 870. The molecular weight excluding hydrogens is 418 g/mol. The number of benzene rings is 2. The Morgan fingerprint density at radius 3 is 2.61 bits per heavy atom. The van der Waals surface area contributed by atoms with Crippen molar-refractivity contribution in [3.05, 3.63) is 64.1 Å². The van der Waals surface area contributed by atoms with Crippen LogP contribution in [0.25, 0.3) is 0 Å². The highest BCUT2D eigenvalue weighted by Crippen LogP contribution is 2.31. The summed E-state index contributed by atoms with van der Waals surface area (Å²) in [5.41, 5.74) is 2.40. The number of carbonyl (C=O) groups is 2. The minimum absolute atomic E-state index is 0.00542. The van der Waals surface area contributed by atoms with E-state index in [1.165, 1.54) is 0 Å². The number of hydrogen-bond acceptors (Lipinski definition) is 2. The summed E-state index contributed by atoms with van der Waals surface area (Å²) in [6.07, 6.45) is 1.57. The van der Waals surface area contributed by atoms with Crippen molar-refractivity contribution in [3.63, 3.8) is 0 Å². The maximum absolute atomic E-state index is 12.9. The van der Waals surface area contributed by atoms with E-state index < -0.39 is 5.41 Å². The molecule has 148 valence electrons. The second-order valence-electron chi connectivity index (χ2n) is 7.60. The van der Waals surface area contributed by atoms with Crippen LogP contribution >= 0.6 is 15.9 Å². The number of amides is 3. The molecule has 28 heavy (non-hydrogen) atoms. The van der Waals surface area contributed by atoms with E-state index in [9.17, 15) is 9.59 Å². The lowest BCUT2D eigenvalue weighted by atomic mass is 9.81. The van der Waals surface area contributed by atoms with Crippen molar-refractivity contribution >= 4 is 33.6 Å². The van der Waals surface area contributed by atoms with Crippen LogP contribution in [-0.2, 0) is 11.3 Å². The molecule has 2 N–H and O–H groups in total. The quantitative estimate of drug-likeness (QED) is 0.718. The van der Waals surface area contributed by atoms with E-state index in [4.69, 9.17) is 0 Å². The van der Waals surface area contributed by atoms with Gasteiger partial charge in [-0.25, -0.2) is 4.79 Å². The molecule has 1 heterocycles. The van der Waals surface area contributed by atoms with Crippen LogP contribution in [0.1, 0.15) is 30.9 Å². The van der Waals surface area contributed by atoms with Gasteiger partial charge < -0.3 is 15.5 Å². The number of aryl methyl sites for hydroxylation is 1. The first-order chi connectivity index (χ1) is 13.4. The minimum Gasteiger partial charge on any atom is -0.351 e. The first-order valence-electron chi connectivity index (χ1n) is 9.52. The Hall–Kier alpha value is -2.34. The Morgan fingerprint density at radius 1 is 1.14 bits per heavy atom. The summed E-state index contributed by atoms with van der Waals surface area (Å²) in [5.74, 6) is -0.00542. The van der Waals surface area contributed by atoms with E-state index >= 15 is 0 Å². The summed E-state index contributed by atoms with van der Waals surface area (Å²) < 4.78 is 0.832. The summed E-state index contributed by atoms with van der Waals surface area (Å²) >= 11 is 3.45. The van der Waals surface area contributed by atoms with Crippen molar-refractivity contribution in [3.8, 4) is 0 Å². The maximum atomic E-state index is 12.9. The Morgan fingerprint density at radius 2 is 1.86 bits per heavy atom. The van der Waals surface area contributed by atoms with Gasteiger partial charge in [0.1, 0.15) is 0 Å². The van der Waals surface area contributed by atoms with Gasteiger partial charge in [-0.05, 0) is 65.9 Å². The molecule has 0 radical (unpaired) electrons. The van der Waals surface area contributed by atoms with Crippen molar-refractivity contribution in [1.29, 1.82) is 0 Å². The van der Waals surface area contributed by atoms with E-state index in [0.29, 0.717) is 19.6 Å². The van der Waals surface area contributed by atoms with Gasteiger partial charge in [-0.3, -0.25) is 4.79 Å². The first kappa shape index (κ1) is 20.4. The zero-order valence-electron chi connectivity index (χ0n) is 16.3. The summed E-state index contributed by atoms with van der Waals surface area (Å²) in [6.45, 7) is 5.54. The standard InChI is InChI=1S/C22H26BrN3O2/c1-16-8-3-4-9-17(16)14-24-20(27)22(2)12-7-13-26(15-22)21(28)25-19-11-6-5-10-18(19)23/h3-6,8-11H,7,12-15H2,1-2H3,(H,24,27)(H,25,28). The number of hydrogen-bond donors (Lipinski definition) is 2. The predicted molar refractivity (Wildman–Crippen MR) is 115 cm³/mol. The first-order valence-corrected chi connectivity index (χ1v) is 10.3. The van der Waals surface area contributed by atoms with Crippen LogP contribution in [0.3, 0.4) is 0 Å². The van der Waals surface area contributed by atoms with Crippen LogP contribution in [0.5, 0.6) is 0 Å². The predicted octanol–water partition coefficient (Wildman–Crippen LogP) is 4.71. The van der Waals surface area contributed by atoms with Crippen LogP contribution in [0.4, 0.5) is 10.5 Å². The molecule has 1 atom stereocenters. The van der Waals surface area contributed by atoms with E-state index in [1.54, 1.807) is 4.90 Å². The molecule has 3 amide bonds. The summed E-state index contributed by atoms with van der Waals surface area (Å²) in [5, 5.41) is 5.99. The van der Waals surface area contributed by atoms with Crippen molar-refractivity contribution in [2.45, 2.75) is 33.2 Å². The Balaban J connectivity index is 1.62. The zero-order chi connectivity index (χ0) is 20.1. The van der Waals surface area contributed by atoms with Gasteiger partial charge in [-0.2, -0.15) is 0 Å². The third-order valence-electron chi connectivity index (χ3n) is 5.35. The normalized spacial score (nSPS) is 19.2. The third kappa shape index (κ3) is 4.73. The molecule has 2 aromatic carbocycles. The molecule has 0 aromatic heterocycles. The number of nitrogens with zero attached hydrogens (tertiary/aromatic N) is 1. The molecule has 1 fully saturated rings. The fraction of sp³-hybridized carbons (Fsp3) is 0.364. The lowest BCUT2D eigenvalue weighted by Gasteiger charge is -2.39. The van der Waals surface area contributed by atoms with Crippen LogP contribution in [0.15, 0.2) is 53.0 Å². The van der Waals surface area contributed by atoms with Crippen LogP contribution in [-0.4, -0.2) is 29.9 Å². The fourth-order valence-corrected chi connectivity index (χ4v) is 3.94. The molecule has 5 nitrogen and oxygen atoms in total.